The molecule has 6 unspecified atom stereocenters. The molecule has 31 heavy (non-hydrogen) atoms. The standard InChI is InChI=1S/C25H46.3C2H6/c1-8-21(16-19(2)3)25-15-14-22(5,13-10-20(4)17-25)23(6)11-9-12-24(25,7)18-23;3*1-2/h19-21H,8-18H2,1-7H3;3*1-2H3. The van der Waals surface area contributed by atoms with Crippen molar-refractivity contribution in [2.45, 2.75) is 161 Å². The molecule has 3 aliphatic rings. The first kappa shape index (κ1) is 31.0. The van der Waals surface area contributed by atoms with E-state index in [0.29, 0.717) is 21.7 Å². The van der Waals surface area contributed by atoms with Gasteiger partial charge in [0, 0.05) is 0 Å². The van der Waals surface area contributed by atoms with Crippen LogP contribution in [0.2, 0.25) is 0 Å². The van der Waals surface area contributed by atoms with Crippen LogP contribution in [0.15, 0.2) is 0 Å². The highest BCUT2D eigenvalue weighted by molar-refractivity contribution is 5.12. The first-order valence-electron chi connectivity index (χ1n) is 14.6. The van der Waals surface area contributed by atoms with Crippen LogP contribution >= 0.6 is 0 Å². The number of fused-ring (bicyclic) bond motifs is 7. The Bertz CT molecular complexity index is 478. The zero-order valence-electron chi connectivity index (χ0n) is 24.5. The van der Waals surface area contributed by atoms with Gasteiger partial charge in [-0.25, -0.2) is 0 Å². The van der Waals surface area contributed by atoms with E-state index in [1.165, 1.54) is 70.6 Å². The molecule has 6 atom stereocenters. The summed E-state index contributed by atoms with van der Waals surface area (Å²) in [5.74, 6) is 2.69. The van der Waals surface area contributed by atoms with E-state index in [1.807, 2.05) is 41.5 Å². The molecule has 3 rings (SSSR count). The van der Waals surface area contributed by atoms with E-state index in [1.54, 1.807) is 0 Å². The maximum absolute atomic E-state index is 2.75. The lowest BCUT2D eigenvalue weighted by Gasteiger charge is -2.58. The molecule has 0 heterocycles. The summed E-state index contributed by atoms with van der Waals surface area (Å²) in [6, 6.07) is 0. The molecule has 0 aromatic rings. The van der Waals surface area contributed by atoms with Gasteiger partial charge in [0.15, 0.2) is 0 Å². The summed E-state index contributed by atoms with van der Waals surface area (Å²) in [5, 5.41) is 0. The molecule has 0 aliphatic heterocycles. The zero-order valence-corrected chi connectivity index (χ0v) is 24.5. The molecule has 0 aromatic carbocycles. The normalized spacial score (nSPS) is 39.9. The minimum Gasteiger partial charge on any atom is -0.0683 e. The van der Waals surface area contributed by atoms with E-state index in [0.717, 1.165) is 17.8 Å². The van der Waals surface area contributed by atoms with E-state index in [-0.39, 0.29) is 0 Å². The van der Waals surface area contributed by atoms with Gasteiger partial charge < -0.3 is 0 Å². The lowest BCUT2D eigenvalue weighted by molar-refractivity contribution is -0.0873. The van der Waals surface area contributed by atoms with Gasteiger partial charge in [-0.1, -0.05) is 109 Å². The summed E-state index contributed by atoms with van der Waals surface area (Å²) >= 11 is 0. The number of rotatable bonds is 4. The summed E-state index contributed by atoms with van der Waals surface area (Å²) in [6.07, 6.45) is 16.3. The first-order chi connectivity index (χ1) is 14.6. The van der Waals surface area contributed by atoms with Gasteiger partial charge in [0.1, 0.15) is 0 Å². The van der Waals surface area contributed by atoms with Gasteiger partial charge in [-0.2, -0.15) is 0 Å². The molecule has 0 saturated heterocycles. The Labute approximate surface area is 200 Å². The topological polar surface area (TPSA) is 0 Å². The van der Waals surface area contributed by atoms with Crippen LogP contribution in [0.1, 0.15) is 161 Å². The Morgan fingerprint density at radius 2 is 1.29 bits per heavy atom. The first-order valence-corrected chi connectivity index (χ1v) is 14.6. The summed E-state index contributed by atoms with van der Waals surface area (Å²) < 4.78 is 0. The molecule has 0 heteroatoms. The zero-order chi connectivity index (χ0) is 24.5. The van der Waals surface area contributed by atoms with Gasteiger partial charge in [0.05, 0.1) is 0 Å². The molecule has 3 aliphatic carbocycles. The molecule has 0 nitrogen and oxygen atoms in total. The van der Waals surface area contributed by atoms with Gasteiger partial charge >= 0.3 is 0 Å². The Kier molecular flexibility index (Phi) is 13.0. The van der Waals surface area contributed by atoms with E-state index in [4.69, 9.17) is 0 Å². The van der Waals surface area contributed by atoms with E-state index in [9.17, 15) is 0 Å². The summed E-state index contributed by atoms with van der Waals surface area (Å²) in [5.41, 5.74) is 2.35. The molecule has 188 valence electrons. The third-order valence-corrected chi connectivity index (χ3v) is 9.95. The molecule has 0 amide bonds. The molecule has 0 N–H and O–H groups in total. The predicted octanol–water partition coefficient (Wildman–Crippen LogP) is 11.3. The van der Waals surface area contributed by atoms with Gasteiger partial charge in [0.25, 0.3) is 0 Å². The Hall–Kier alpha value is 0. The molecular weight excluding hydrogens is 372 g/mol. The van der Waals surface area contributed by atoms with Crippen LogP contribution in [-0.2, 0) is 0 Å². The van der Waals surface area contributed by atoms with Crippen molar-refractivity contribution in [2.24, 2.45) is 39.4 Å². The fourth-order valence-electron chi connectivity index (χ4n) is 8.23. The van der Waals surface area contributed by atoms with Crippen LogP contribution in [0.25, 0.3) is 0 Å². The Morgan fingerprint density at radius 3 is 1.81 bits per heavy atom. The lowest BCUT2D eigenvalue weighted by Crippen LogP contribution is -2.49. The summed E-state index contributed by atoms with van der Waals surface area (Å²) in [7, 11) is 0. The third kappa shape index (κ3) is 6.12. The molecule has 0 radical (unpaired) electrons. The second kappa shape index (κ2) is 13.0. The molecule has 3 saturated carbocycles. The highest BCUT2D eigenvalue weighted by atomic mass is 14.7. The van der Waals surface area contributed by atoms with Gasteiger partial charge in [-0.3, -0.25) is 0 Å². The maximum atomic E-state index is 2.75. The third-order valence-electron chi connectivity index (χ3n) is 9.95. The van der Waals surface area contributed by atoms with Gasteiger partial charge in [-0.05, 0) is 90.8 Å². The van der Waals surface area contributed by atoms with Gasteiger partial charge in [0.2, 0.25) is 0 Å². The minimum atomic E-state index is 0.575. The minimum absolute atomic E-state index is 0.575. The highest BCUT2D eigenvalue weighted by Gasteiger charge is 2.62. The number of hydrogen-bond acceptors (Lipinski definition) is 0. The Morgan fingerprint density at radius 1 is 0.742 bits per heavy atom. The van der Waals surface area contributed by atoms with Crippen molar-refractivity contribution in [1.82, 2.24) is 0 Å². The van der Waals surface area contributed by atoms with Crippen molar-refractivity contribution in [1.29, 1.82) is 0 Å². The SMILES string of the molecule is CC.CC.CC.CCC(CC(C)C)C12CCC(C)(CCC(C)C1)C1(C)CCCC2(C)C1. The maximum Gasteiger partial charge on any atom is -0.0212 e. The van der Waals surface area contributed by atoms with E-state index in [2.05, 4.69) is 48.5 Å². The van der Waals surface area contributed by atoms with Crippen molar-refractivity contribution < 1.29 is 0 Å². The van der Waals surface area contributed by atoms with Crippen LogP contribution in [0.4, 0.5) is 0 Å². The van der Waals surface area contributed by atoms with Crippen LogP contribution in [0, 0.1) is 39.4 Å². The summed E-state index contributed by atoms with van der Waals surface area (Å²) in [6.45, 7) is 30.1. The lowest BCUT2D eigenvalue weighted by atomic mass is 9.46. The monoisotopic (exact) mass is 437 g/mol. The van der Waals surface area contributed by atoms with Crippen molar-refractivity contribution in [3.05, 3.63) is 0 Å². The van der Waals surface area contributed by atoms with Crippen LogP contribution in [0.3, 0.4) is 0 Å². The van der Waals surface area contributed by atoms with E-state index >= 15 is 0 Å². The van der Waals surface area contributed by atoms with Crippen LogP contribution < -0.4 is 0 Å². The van der Waals surface area contributed by atoms with Crippen molar-refractivity contribution >= 4 is 0 Å². The quantitative estimate of drug-likeness (QED) is 0.411. The van der Waals surface area contributed by atoms with Crippen LogP contribution in [0.5, 0.6) is 0 Å². The molecule has 0 aromatic heterocycles. The number of hydrogen-bond donors (Lipinski definition) is 0. The molecule has 3 fully saturated rings. The Balaban J connectivity index is 0.00000138. The van der Waals surface area contributed by atoms with Gasteiger partial charge in [-0.15, -0.1) is 0 Å². The fraction of sp³-hybridized carbons (Fsp3) is 1.00. The second-order valence-corrected chi connectivity index (χ2v) is 12.0. The largest absolute Gasteiger partial charge is 0.0683 e. The average molecular weight is 437 g/mol. The van der Waals surface area contributed by atoms with Crippen molar-refractivity contribution in [3.8, 4) is 0 Å². The smallest absolute Gasteiger partial charge is 0.0212 e. The van der Waals surface area contributed by atoms with Crippen LogP contribution in [-0.4, -0.2) is 0 Å². The van der Waals surface area contributed by atoms with Crippen molar-refractivity contribution in [3.63, 3.8) is 0 Å². The molecule has 0 spiro atoms. The average Bonchev–Trinajstić information content (AvgIpc) is 2.79. The molecular formula is C31H64. The van der Waals surface area contributed by atoms with E-state index < -0.39 is 0 Å². The summed E-state index contributed by atoms with van der Waals surface area (Å²) in [4.78, 5) is 0. The fourth-order valence-corrected chi connectivity index (χ4v) is 8.23. The van der Waals surface area contributed by atoms with Crippen molar-refractivity contribution in [2.75, 3.05) is 0 Å². The second-order valence-electron chi connectivity index (χ2n) is 12.0. The highest BCUT2D eigenvalue weighted by Crippen LogP contribution is 2.72. The molecule has 4 bridgehead atoms. The predicted molar refractivity (Wildman–Crippen MR) is 145 cm³/mol.